The predicted octanol–water partition coefficient (Wildman–Crippen LogP) is 4.65. The summed E-state index contributed by atoms with van der Waals surface area (Å²) in [5, 5.41) is 5.59. The zero-order valence-electron chi connectivity index (χ0n) is 12.7. The van der Waals surface area contributed by atoms with E-state index in [1.165, 1.54) is 0 Å². The van der Waals surface area contributed by atoms with Gasteiger partial charge in [0.2, 0.25) is 0 Å². The number of carbonyl (C=O) groups is 1. The van der Waals surface area contributed by atoms with E-state index >= 15 is 0 Å². The van der Waals surface area contributed by atoms with Crippen molar-refractivity contribution in [3.05, 3.63) is 58.3 Å². The van der Waals surface area contributed by atoms with Gasteiger partial charge in [-0.05, 0) is 50.2 Å². The molecular formula is C17H15BrN4O. The highest BCUT2D eigenvalue weighted by Crippen LogP contribution is 2.19. The lowest BCUT2D eigenvalue weighted by Crippen LogP contribution is -2.19. The number of carbonyl (C=O) groups excluding carboxylic acids is 1. The van der Waals surface area contributed by atoms with Crippen LogP contribution >= 0.6 is 15.9 Å². The monoisotopic (exact) mass is 370 g/mol. The van der Waals surface area contributed by atoms with Gasteiger partial charge in [0.1, 0.15) is 0 Å². The fourth-order valence-corrected chi connectivity index (χ4v) is 2.57. The van der Waals surface area contributed by atoms with Crippen molar-refractivity contribution in [1.29, 1.82) is 0 Å². The standard InChI is InChI=1S/C17H15BrN4O/c1-10-11(2)20-16-9-14(6-7-15(16)19-10)22-17(23)21-13-5-3-4-12(18)8-13/h3-9H,1-2H3,(H2,21,22,23). The van der Waals surface area contributed by atoms with Gasteiger partial charge in [-0.3, -0.25) is 0 Å². The number of nitrogens with one attached hydrogen (secondary N) is 2. The van der Waals surface area contributed by atoms with Gasteiger partial charge in [0.15, 0.2) is 0 Å². The fraction of sp³-hybridized carbons (Fsp3) is 0.118. The number of anilines is 2. The Morgan fingerprint density at radius 1 is 0.913 bits per heavy atom. The average molecular weight is 371 g/mol. The summed E-state index contributed by atoms with van der Waals surface area (Å²) in [5.41, 5.74) is 4.74. The zero-order valence-corrected chi connectivity index (χ0v) is 14.3. The summed E-state index contributed by atoms with van der Waals surface area (Å²) < 4.78 is 0.905. The predicted molar refractivity (Wildman–Crippen MR) is 95.8 cm³/mol. The van der Waals surface area contributed by atoms with Crippen LogP contribution in [0.5, 0.6) is 0 Å². The molecule has 0 fully saturated rings. The number of hydrogen-bond acceptors (Lipinski definition) is 3. The van der Waals surface area contributed by atoms with Crippen LogP contribution in [0.1, 0.15) is 11.4 Å². The number of aromatic nitrogens is 2. The lowest BCUT2D eigenvalue weighted by Gasteiger charge is -2.09. The molecule has 0 radical (unpaired) electrons. The first-order valence-electron chi connectivity index (χ1n) is 7.10. The summed E-state index contributed by atoms with van der Waals surface area (Å²) in [4.78, 5) is 21.1. The van der Waals surface area contributed by atoms with Crippen LogP contribution in [0.3, 0.4) is 0 Å². The first-order chi connectivity index (χ1) is 11.0. The Balaban J connectivity index is 1.78. The van der Waals surface area contributed by atoms with Crippen LogP contribution in [0.2, 0.25) is 0 Å². The molecule has 1 heterocycles. The molecule has 0 unspecified atom stereocenters. The SMILES string of the molecule is Cc1nc2ccc(NC(=O)Nc3cccc(Br)c3)cc2nc1C. The molecule has 0 spiro atoms. The second kappa shape index (κ2) is 6.34. The molecule has 0 aliphatic heterocycles. The minimum atomic E-state index is -0.306. The third-order valence-corrected chi connectivity index (χ3v) is 3.91. The Bertz CT molecular complexity index is 895. The summed E-state index contributed by atoms with van der Waals surface area (Å²) in [5.74, 6) is 0. The third-order valence-electron chi connectivity index (χ3n) is 3.42. The minimum Gasteiger partial charge on any atom is -0.308 e. The van der Waals surface area contributed by atoms with Crippen molar-refractivity contribution in [2.45, 2.75) is 13.8 Å². The molecule has 1 aromatic heterocycles. The summed E-state index contributed by atoms with van der Waals surface area (Å²) in [7, 11) is 0. The van der Waals surface area contributed by atoms with E-state index in [-0.39, 0.29) is 6.03 Å². The third kappa shape index (κ3) is 3.65. The lowest BCUT2D eigenvalue weighted by molar-refractivity contribution is 0.262. The van der Waals surface area contributed by atoms with Crippen molar-refractivity contribution in [1.82, 2.24) is 9.97 Å². The van der Waals surface area contributed by atoms with Gasteiger partial charge < -0.3 is 10.6 Å². The highest BCUT2D eigenvalue weighted by Gasteiger charge is 2.06. The van der Waals surface area contributed by atoms with Crippen molar-refractivity contribution < 1.29 is 4.79 Å². The van der Waals surface area contributed by atoms with E-state index in [0.29, 0.717) is 11.4 Å². The molecule has 0 saturated carbocycles. The maximum Gasteiger partial charge on any atom is 0.323 e. The van der Waals surface area contributed by atoms with E-state index in [4.69, 9.17) is 0 Å². The van der Waals surface area contributed by atoms with E-state index in [1.54, 1.807) is 0 Å². The molecule has 0 atom stereocenters. The highest BCUT2D eigenvalue weighted by molar-refractivity contribution is 9.10. The van der Waals surface area contributed by atoms with Gasteiger partial charge in [0.25, 0.3) is 0 Å². The second-order valence-corrected chi connectivity index (χ2v) is 6.10. The molecule has 3 rings (SSSR count). The molecule has 5 nitrogen and oxygen atoms in total. The van der Waals surface area contributed by atoms with E-state index in [1.807, 2.05) is 56.3 Å². The molecule has 0 bridgehead atoms. The number of rotatable bonds is 2. The summed E-state index contributed by atoms with van der Waals surface area (Å²) in [6.45, 7) is 3.85. The van der Waals surface area contributed by atoms with Gasteiger partial charge in [-0.2, -0.15) is 0 Å². The van der Waals surface area contributed by atoms with Crippen molar-refractivity contribution in [2.75, 3.05) is 10.6 Å². The molecular weight excluding hydrogens is 356 g/mol. The number of amides is 2. The van der Waals surface area contributed by atoms with Crippen LogP contribution in [-0.2, 0) is 0 Å². The first-order valence-corrected chi connectivity index (χ1v) is 7.89. The van der Waals surface area contributed by atoms with Gasteiger partial charge in [-0.1, -0.05) is 22.0 Å². The smallest absolute Gasteiger partial charge is 0.308 e. The highest BCUT2D eigenvalue weighted by atomic mass is 79.9. The molecule has 0 saturated heterocycles. The Hall–Kier alpha value is -2.47. The Morgan fingerprint density at radius 3 is 2.26 bits per heavy atom. The number of aryl methyl sites for hydroxylation is 2. The van der Waals surface area contributed by atoms with Crippen molar-refractivity contribution >= 4 is 44.4 Å². The Kier molecular flexibility index (Phi) is 4.25. The van der Waals surface area contributed by atoms with Gasteiger partial charge in [-0.25, -0.2) is 14.8 Å². The number of nitrogens with zero attached hydrogens (tertiary/aromatic N) is 2. The topological polar surface area (TPSA) is 66.9 Å². The quantitative estimate of drug-likeness (QED) is 0.689. The van der Waals surface area contributed by atoms with Crippen LogP contribution in [0.4, 0.5) is 16.2 Å². The number of halogens is 1. The van der Waals surface area contributed by atoms with Crippen molar-refractivity contribution in [2.24, 2.45) is 0 Å². The Morgan fingerprint density at radius 2 is 1.57 bits per heavy atom. The summed E-state index contributed by atoms with van der Waals surface area (Å²) >= 11 is 3.37. The van der Waals surface area contributed by atoms with Crippen LogP contribution in [0.15, 0.2) is 46.9 Å². The minimum absolute atomic E-state index is 0.306. The van der Waals surface area contributed by atoms with Gasteiger partial charge in [0.05, 0.1) is 22.4 Å². The number of benzene rings is 2. The molecule has 2 N–H and O–H groups in total. The van der Waals surface area contributed by atoms with Crippen molar-refractivity contribution in [3.63, 3.8) is 0 Å². The summed E-state index contributed by atoms with van der Waals surface area (Å²) in [6, 6.07) is 12.6. The molecule has 0 aliphatic rings. The van der Waals surface area contributed by atoms with E-state index in [0.717, 1.165) is 26.9 Å². The molecule has 6 heteroatoms. The first kappa shape index (κ1) is 15.4. The number of fused-ring (bicyclic) bond motifs is 1. The largest absolute Gasteiger partial charge is 0.323 e. The van der Waals surface area contributed by atoms with E-state index < -0.39 is 0 Å². The van der Waals surface area contributed by atoms with Gasteiger partial charge in [0, 0.05) is 15.8 Å². The Labute approximate surface area is 142 Å². The van der Waals surface area contributed by atoms with Gasteiger partial charge >= 0.3 is 6.03 Å². The maximum atomic E-state index is 12.1. The fourth-order valence-electron chi connectivity index (χ4n) is 2.17. The number of hydrogen-bond donors (Lipinski definition) is 2. The maximum absolute atomic E-state index is 12.1. The van der Waals surface area contributed by atoms with E-state index in [2.05, 4.69) is 36.5 Å². The average Bonchev–Trinajstić information content (AvgIpc) is 2.48. The second-order valence-electron chi connectivity index (χ2n) is 5.19. The lowest BCUT2D eigenvalue weighted by atomic mass is 10.2. The zero-order chi connectivity index (χ0) is 16.4. The normalized spacial score (nSPS) is 10.6. The van der Waals surface area contributed by atoms with Crippen LogP contribution in [0.25, 0.3) is 11.0 Å². The molecule has 2 aromatic carbocycles. The molecule has 3 aromatic rings. The van der Waals surface area contributed by atoms with E-state index in [9.17, 15) is 4.79 Å². The molecule has 23 heavy (non-hydrogen) atoms. The molecule has 116 valence electrons. The summed E-state index contributed by atoms with van der Waals surface area (Å²) in [6.07, 6.45) is 0. The van der Waals surface area contributed by atoms with Crippen LogP contribution < -0.4 is 10.6 Å². The van der Waals surface area contributed by atoms with Crippen LogP contribution in [-0.4, -0.2) is 16.0 Å². The molecule has 2 amide bonds. The van der Waals surface area contributed by atoms with Gasteiger partial charge in [-0.15, -0.1) is 0 Å². The van der Waals surface area contributed by atoms with Crippen molar-refractivity contribution in [3.8, 4) is 0 Å². The van der Waals surface area contributed by atoms with Crippen LogP contribution in [0, 0.1) is 13.8 Å². The number of urea groups is 1. The molecule has 0 aliphatic carbocycles.